The Kier molecular flexibility index (Phi) is 6.22. The minimum atomic E-state index is -2.50. The molecule has 0 radical (unpaired) electrons. The zero-order valence-electron chi connectivity index (χ0n) is 26.4. The molecule has 2 aromatic heterocycles. The molecular weight excluding hydrogens is 607 g/mol. The first kappa shape index (κ1) is 26.9. The lowest BCUT2D eigenvalue weighted by molar-refractivity contribution is 0.107. The second kappa shape index (κ2) is 10.6. The van der Waals surface area contributed by atoms with Gasteiger partial charge in [0.2, 0.25) is 0 Å². The van der Waals surface area contributed by atoms with E-state index in [0.29, 0.717) is 25.5 Å². The van der Waals surface area contributed by atoms with Crippen LogP contribution in [0, 0.1) is 35.7 Å². The molecular formula is C33H29F5N6O2. The van der Waals surface area contributed by atoms with Crippen molar-refractivity contribution in [3.8, 4) is 29.6 Å². The maximum atomic E-state index is 16.9. The fourth-order valence-electron chi connectivity index (χ4n) is 7.39. The molecule has 0 bridgehead atoms. The maximum Gasteiger partial charge on any atom is 0.319 e. The standard InChI is InChI=1S/C33H29F5N6O2/c1-2-18-23(35)10-24(36)19-8-17(39)9-20(25(18)19)28-27(38)29-21(12-40-28)31(44-6-7-45-14-22-26(37)30(22)44)42-32(41-29)46-15-33-4-3-5-43(33)13-16(34)11-33/h1,8-10,12,16,22,26,30H,3-7,11,13-15,39H2/t16-,22+,26+,30+,33+/m1/s1/i15D2. The molecule has 5 atom stereocenters. The Hall–Kier alpha value is -4.28. The van der Waals surface area contributed by atoms with Crippen molar-refractivity contribution < 1.29 is 34.2 Å². The summed E-state index contributed by atoms with van der Waals surface area (Å²) in [4.78, 5) is 16.4. The molecule has 4 fully saturated rings. The number of benzene rings is 2. The van der Waals surface area contributed by atoms with Gasteiger partial charge in [-0.15, -0.1) is 6.42 Å². The van der Waals surface area contributed by atoms with Gasteiger partial charge in [0, 0.05) is 59.7 Å². The lowest BCUT2D eigenvalue weighted by atomic mass is 9.95. The molecule has 2 N–H and O–H groups in total. The quantitative estimate of drug-likeness (QED) is 0.187. The summed E-state index contributed by atoms with van der Waals surface area (Å²) >= 11 is 0. The number of aromatic nitrogens is 3. The van der Waals surface area contributed by atoms with E-state index < -0.39 is 65.6 Å². The van der Waals surface area contributed by atoms with Gasteiger partial charge in [0.05, 0.1) is 38.5 Å². The smallest absolute Gasteiger partial charge is 0.319 e. The molecule has 8 nitrogen and oxygen atoms in total. The van der Waals surface area contributed by atoms with Crippen LogP contribution in [0.15, 0.2) is 24.4 Å². The zero-order chi connectivity index (χ0) is 33.7. The Morgan fingerprint density at radius 3 is 2.83 bits per heavy atom. The second-order valence-corrected chi connectivity index (χ2v) is 12.3. The Labute approximate surface area is 263 Å². The summed E-state index contributed by atoms with van der Waals surface area (Å²) < 4.78 is 106. The van der Waals surface area contributed by atoms with Gasteiger partial charge in [0.1, 0.15) is 47.6 Å². The molecule has 4 aromatic rings. The number of pyridine rings is 1. The van der Waals surface area contributed by atoms with Crippen LogP contribution in [0.4, 0.5) is 33.5 Å². The second-order valence-electron chi connectivity index (χ2n) is 12.3. The molecule has 0 unspecified atom stereocenters. The normalized spacial score (nSPS) is 28.4. The van der Waals surface area contributed by atoms with Gasteiger partial charge >= 0.3 is 6.01 Å². The van der Waals surface area contributed by atoms with Crippen LogP contribution in [-0.4, -0.2) is 83.2 Å². The van der Waals surface area contributed by atoms with Crippen molar-refractivity contribution in [3.63, 3.8) is 0 Å². The van der Waals surface area contributed by atoms with Gasteiger partial charge in [-0.3, -0.25) is 9.88 Å². The highest BCUT2D eigenvalue weighted by atomic mass is 19.1. The van der Waals surface area contributed by atoms with E-state index in [4.69, 9.17) is 24.4 Å². The molecule has 46 heavy (non-hydrogen) atoms. The Morgan fingerprint density at radius 1 is 1.15 bits per heavy atom. The van der Waals surface area contributed by atoms with E-state index in [1.807, 2.05) is 0 Å². The van der Waals surface area contributed by atoms with Crippen LogP contribution in [0.2, 0.25) is 0 Å². The van der Waals surface area contributed by atoms with Crippen LogP contribution < -0.4 is 15.4 Å². The molecule has 0 amide bonds. The summed E-state index contributed by atoms with van der Waals surface area (Å²) in [6.45, 7) is -1.39. The van der Waals surface area contributed by atoms with Gasteiger partial charge in [-0.2, -0.15) is 9.97 Å². The van der Waals surface area contributed by atoms with Crippen LogP contribution in [0.25, 0.3) is 32.9 Å². The number of hydrogen-bond acceptors (Lipinski definition) is 8. The van der Waals surface area contributed by atoms with E-state index in [2.05, 4.69) is 20.9 Å². The van der Waals surface area contributed by atoms with Crippen molar-refractivity contribution in [2.45, 2.75) is 43.2 Å². The Bertz CT molecular complexity index is 2050. The van der Waals surface area contributed by atoms with Crippen molar-refractivity contribution >= 4 is 33.2 Å². The first-order valence-electron chi connectivity index (χ1n) is 16.0. The number of nitrogens with two attached hydrogens (primary N) is 1. The maximum absolute atomic E-state index is 16.9. The molecule has 13 heteroatoms. The average molecular weight is 639 g/mol. The van der Waals surface area contributed by atoms with Gasteiger partial charge in [-0.25, -0.2) is 22.0 Å². The van der Waals surface area contributed by atoms with Gasteiger partial charge < -0.3 is 20.1 Å². The lowest BCUT2D eigenvalue weighted by Crippen LogP contribution is -2.43. The number of alkyl halides is 2. The number of fused-ring (bicyclic) bond motifs is 4. The Balaban J connectivity index is 1.33. The molecule has 1 saturated carbocycles. The number of terminal acetylenes is 1. The highest BCUT2D eigenvalue weighted by Gasteiger charge is 2.56. The minimum Gasteiger partial charge on any atom is -0.461 e. The average Bonchev–Trinajstić information content (AvgIpc) is 3.39. The fourth-order valence-corrected chi connectivity index (χ4v) is 7.39. The zero-order valence-corrected chi connectivity index (χ0v) is 24.4. The van der Waals surface area contributed by atoms with Crippen LogP contribution in [0.3, 0.4) is 0 Å². The number of halogens is 5. The van der Waals surface area contributed by atoms with Crippen molar-refractivity contribution in [2.24, 2.45) is 5.92 Å². The number of rotatable bonds is 5. The van der Waals surface area contributed by atoms with Crippen molar-refractivity contribution in [1.29, 1.82) is 0 Å². The molecule has 3 saturated heterocycles. The lowest BCUT2D eigenvalue weighted by Gasteiger charge is -2.31. The number of ether oxygens (including phenoxy) is 2. The van der Waals surface area contributed by atoms with Crippen LogP contribution in [0.5, 0.6) is 6.01 Å². The van der Waals surface area contributed by atoms with Crippen LogP contribution in [-0.2, 0) is 4.74 Å². The predicted octanol–water partition coefficient (Wildman–Crippen LogP) is 4.95. The van der Waals surface area contributed by atoms with E-state index in [1.165, 1.54) is 18.3 Å². The molecule has 0 spiro atoms. The SMILES string of the molecule is [2H]C([2H])(Oc1nc(N2CCOC[C@H]3[C@H](F)[C@H]32)c2cnc(-c3cc(N)cc4c(F)cc(F)c(C#C)c34)c(F)c2n1)[C@@]12CCCN1C[C@H](F)C2. The molecule has 4 aliphatic rings. The first-order valence-corrected chi connectivity index (χ1v) is 15.0. The van der Waals surface area contributed by atoms with E-state index in [9.17, 15) is 17.6 Å². The Morgan fingerprint density at radius 2 is 2.00 bits per heavy atom. The van der Waals surface area contributed by atoms with Crippen molar-refractivity contribution in [2.75, 3.05) is 50.0 Å². The largest absolute Gasteiger partial charge is 0.461 e. The third-order valence-electron chi connectivity index (χ3n) is 9.59. The van der Waals surface area contributed by atoms with Gasteiger partial charge in [0.15, 0.2) is 5.82 Å². The van der Waals surface area contributed by atoms with Crippen molar-refractivity contribution in [1.82, 2.24) is 19.9 Å². The summed E-state index contributed by atoms with van der Waals surface area (Å²) in [5.74, 6) is -1.29. The summed E-state index contributed by atoms with van der Waals surface area (Å²) in [6.07, 6.45) is 5.19. The molecule has 238 valence electrons. The van der Waals surface area contributed by atoms with Crippen LogP contribution in [0.1, 0.15) is 27.6 Å². The third-order valence-corrected chi connectivity index (χ3v) is 9.59. The van der Waals surface area contributed by atoms with E-state index >= 15 is 4.39 Å². The minimum absolute atomic E-state index is 0.0225. The monoisotopic (exact) mass is 638 g/mol. The van der Waals surface area contributed by atoms with Crippen LogP contribution >= 0.6 is 0 Å². The van der Waals surface area contributed by atoms with E-state index in [0.717, 1.165) is 0 Å². The van der Waals surface area contributed by atoms with E-state index in [-0.39, 0.29) is 77.0 Å². The molecule has 3 aliphatic heterocycles. The number of nitrogens with zero attached hydrogens (tertiary/aromatic N) is 5. The number of anilines is 2. The fraction of sp³-hybridized carbons (Fsp3) is 0.424. The number of nitrogen functional groups attached to an aromatic ring is 1. The third kappa shape index (κ3) is 4.45. The summed E-state index contributed by atoms with van der Waals surface area (Å²) in [6, 6.07) is 1.95. The highest BCUT2D eigenvalue weighted by Crippen LogP contribution is 2.46. The molecule has 8 rings (SSSR count). The predicted molar refractivity (Wildman–Crippen MR) is 161 cm³/mol. The molecule has 5 heterocycles. The van der Waals surface area contributed by atoms with Gasteiger partial charge in [-0.1, -0.05) is 5.92 Å². The topological polar surface area (TPSA) is 89.6 Å². The number of hydrogen-bond donors (Lipinski definition) is 1. The van der Waals surface area contributed by atoms with Gasteiger partial charge in [0.25, 0.3) is 0 Å². The first-order chi connectivity index (χ1) is 22.9. The van der Waals surface area contributed by atoms with Crippen molar-refractivity contribution in [3.05, 3.63) is 47.4 Å². The molecule has 2 aromatic carbocycles. The summed E-state index contributed by atoms with van der Waals surface area (Å²) in [5, 5.41) is -0.232. The molecule has 1 aliphatic carbocycles. The van der Waals surface area contributed by atoms with E-state index in [1.54, 1.807) is 9.80 Å². The summed E-state index contributed by atoms with van der Waals surface area (Å²) in [7, 11) is 0. The summed E-state index contributed by atoms with van der Waals surface area (Å²) in [5.41, 5.74) is 3.58. The van der Waals surface area contributed by atoms with Gasteiger partial charge in [-0.05, 0) is 31.5 Å². The highest BCUT2D eigenvalue weighted by molar-refractivity contribution is 6.04.